The number of hydrogen-bond donors (Lipinski definition) is 0. The van der Waals surface area contributed by atoms with E-state index in [4.69, 9.17) is 16.3 Å². The molecule has 0 spiro atoms. The van der Waals surface area contributed by atoms with E-state index in [-0.39, 0.29) is 0 Å². The van der Waals surface area contributed by atoms with E-state index in [0.717, 1.165) is 22.3 Å². The number of alkyl halides is 1. The number of imidazole rings is 1. The zero-order valence-electron chi connectivity index (χ0n) is 10.3. The smallest absolute Gasteiger partial charge is 0.213 e. The molecule has 0 unspecified atom stereocenters. The van der Waals surface area contributed by atoms with Gasteiger partial charge >= 0.3 is 0 Å². The van der Waals surface area contributed by atoms with Crippen LogP contribution in [0.15, 0.2) is 29.6 Å². The van der Waals surface area contributed by atoms with E-state index in [0.29, 0.717) is 11.8 Å². The number of halogens is 1. The lowest BCUT2D eigenvalue weighted by Gasteiger charge is -2.04. The van der Waals surface area contributed by atoms with E-state index in [2.05, 4.69) is 9.97 Å². The molecule has 96 valence electrons. The van der Waals surface area contributed by atoms with Gasteiger partial charge in [0.05, 0.1) is 30.6 Å². The van der Waals surface area contributed by atoms with Crippen molar-refractivity contribution in [2.24, 2.45) is 7.05 Å². The van der Waals surface area contributed by atoms with Gasteiger partial charge < -0.3 is 9.30 Å². The number of rotatable bonds is 5. The van der Waals surface area contributed by atoms with E-state index in [9.17, 15) is 0 Å². The minimum Gasteiger partial charge on any atom is -0.481 e. The van der Waals surface area contributed by atoms with Crippen molar-refractivity contribution in [1.29, 1.82) is 0 Å². The first-order valence-electron chi connectivity index (χ1n) is 5.44. The van der Waals surface area contributed by atoms with Crippen LogP contribution in [0, 0.1) is 0 Å². The highest BCUT2D eigenvalue weighted by Gasteiger charge is 2.07. The van der Waals surface area contributed by atoms with Gasteiger partial charge in [-0.15, -0.1) is 11.6 Å². The van der Waals surface area contributed by atoms with Crippen LogP contribution < -0.4 is 4.74 Å². The molecule has 4 nitrogen and oxygen atoms in total. The number of pyridine rings is 1. The standard InChI is InChI=1S/C12H14ClN3OS/c1-16-10(6-13)7-14-12(16)18-8-9-4-3-5-11(15-9)17-2/h3-5,7H,6,8H2,1-2H3. The Morgan fingerprint density at radius 3 is 2.94 bits per heavy atom. The monoisotopic (exact) mass is 283 g/mol. The molecule has 0 radical (unpaired) electrons. The lowest BCUT2D eigenvalue weighted by atomic mass is 10.4. The average molecular weight is 284 g/mol. The molecule has 6 heteroatoms. The number of ether oxygens (including phenoxy) is 1. The molecule has 0 aliphatic heterocycles. The molecule has 0 saturated carbocycles. The van der Waals surface area contributed by atoms with Crippen LogP contribution in [0.3, 0.4) is 0 Å². The molecule has 18 heavy (non-hydrogen) atoms. The van der Waals surface area contributed by atoms with Crippen molar-refractivity contribution in [1.82, 2.24) is 14.5 Å². The third kappa shape index (κ3) is 2.97. The summed E-state index contributed by atoms with van der Waals surface area (Å²) in [7, 11) is 3.58. The van der Waals surface area contributed by atoms with Gasteiger partial charge in [0.15, 0.2) is 5.16 Å². The van der Waals surface area contributed by atoms with Gasteiger partial charge in [0.25, 0.3) is 0 Å². The Balaban J connectivity index is 2.04. The van der Waals surface area contributed by atoms with Gasteiger partial charge in [-0.25, -0.2) is 9.97 Å². The van der Waals surface area contributed by atoms with E-state index in [1.807, 2.05) is 29.8 Å². The van der Waals surface area contributed by atoms with Gasteiger partial charge in [-0.1, -0.05) is 17.8 Å². The summed E-state index contributed by atoms with van der Waals surface area (Å²) >= 11 is 7.43. The maximum Gasteiger partial charge on any atom is 0.213 e. The molecule has 0 bridgehead atoms. The fourth-order valence-electron chi connectivity index (χ4n) is 1.47. The first-order chi connectivity index (χ1) is 8.74. The third-order valence-corrected chi connectivity index (χ3v) is 3.87. The molecule has 0 saturated heterocycles. The molecule has 0 aromatic carbocycles. The fraction of sp³-hybridized carbons (Fsp3) is 0.333. The summed E-state index contributed by atoms with van der Waals surface area (Å²) in [5, 5.41) is 0.940. The highest BCUT2D eigenvalue weighted by atomic mass is 35.5. The summed E-state index contributed by atoms with van der Waals surface area (Å²) in [4.78, 5) is 8.68. The minimum atomic E-state index is 0.474. The van der Waals surface area contributed by atoms with Crippen molar-refractivity contribution in [3.05, 3.63) is 35.8 Å². The summed E-state index contributed by atoms with van der Waals surface area (Å²) in [6.45, 7) is 0. The Kier molecular flexibility index (Phi) is 4.49. The molecule has 0 atom stereocenters. The summed E-state index contributed by atoms with van der Waals surface area (Å²) in [6, 6.07) is 5.74. The molecule has 0 N–H and O–H groups in total. The fourth-order valence-corrected chi connectivity index (χ4v) is 2.60. The van der Waals surface area contributed by atoms with Crippen LogP contribution in [-0.2, 0) is 18.7 Å². The van der Waals surface area contributed by atoms with Crippen molar-refractivity contribution in [2.75, 3.05) is 7.11 Å². The lowest BCUT2D eigenvalue weighted by Crippen LogP contribution is -1.96. The maximum atomic E-state index is 5.80. The molecule has 0 fully saturated rings. The summed E-state index contributed by atoms with van der Waals surface area (Å²) < 4.78 is 7.09. The van der Waals surface area contributed by atoms with E-state index in [1.165, 1.54) is 0 Å². The normalized spacial score (nSPS) is 10.6. The van der Waals surface area contributed by atoms with E-state index in [1.54, 1.807) is 25.1 Å². The first-order valence-corrected chi connectivity index (χ1v) is 6.96. The van der Waals surface area contributed by atoms with Gasteiger partial charge in [-0.3, -0.25) is 0 Å². The number of hydrogen-bond acceptors (Lipinski definition) is 4. The van der Waals surface area contributed by atoms with Crippen molar-refractivity contribution in [3.8, 4) is 5.88 Å². The van der Waals surface area contributed by atoms with E-state index >= 15 is 0 Å². The molecule has 0 amide bonds. The van der Waals surface area contributed by atoms with Crippen molar-refractivity contribution in [2.45, 2.75) is 16.8 Å². The Bertz CT molecular complexity index is 530. The van der Waals surface area contributed by atoms with Gasteiger partial charge in [0.2, 0.25) is 5.88 Å². The van der Waals surface area contributed by atoms with Crippen LogP contribution >= 0.6 is 23.4 Å². The highest BCUT2D eigenvalue weighted by Crippen LogP contribution is 2.22. The first kappa shape index (κ1) is 13.2. The topological polar surface area (TPSA) is 39.9 Å². The highest BCUT2D eigenvalue weighted by molar-refractivity contribution is 7.98. The van der Waals surface area contributed by atoms with Crippen LogP contribution in [0.2, 0.25) is 0 Å². The average Bonchev–Trinajstić information content (AvgIpc) is 2.77. The van der Waals surface area contributed by atoms with Crippen LogP contribution in [0.5, 0.6) is 5.88 Å². The second kappa shape index (κ2) is 6.11. The van der Waals surface area contributed by atoms with Crippen LogP contribution in [-0.4, -0.2) is 21.6 Å². The SMILES string of the molecule is COc1cccc(CSc2ncc(CCl)n2C)n1. The predicted molar refractivity (Wildman–Crippen MR) is 73.1 cm³/mol. The van der Waals surface area contributed by atoms with Crippen LogP contribution in [0.4, 0.5) is 0 Å². The molecular formula is C12H14ClN3OS. The van der Waals surface area contributed by atoms with Crippen molar-refractivity contribution < 1.29 is 4.74 Å². The van der Waals surface area contributed by atoms with Crippen LogP contribution in [0.25, 0.3) is 0 Å². The number of aromatic nitrogens is 3. The largest absolute Gasteiger partial charge is 0.481 e. The number of thioether (sulfide) groups is 1. The predicted octanol–water partition coefficient (Wildman–Crippen LogP) is 2.85. The quantitative estimate of drug-likeness (QED) is 0.625. The zero-order chi connectivity index (χ0) is 13.0. The number of methoxy groups -OCH3 is 1. The van der Waals surface area contributed by atoms with Crippen molar-refractivity contribution >= 4 is 23.4 Å². The third-order valence-electron chi connectivity index (χ3n) is 2.52. The molecule has 0 aliphatic carbocycles. The van der Waals surface area contributed by atoms with Gasteiger partial charge in [-0.05, 0) is 6.07 Å². The Morgan fingerprint density at radius 2 is 2.28 bits per heavy atom. The second-order valence-corrected chi connectivity index (χ2v) is 4.89. The molecule has 2 heterocycles. The molecule has 2 rings (SSSR count). The van der Waals surface area contributed by atoms with Crippen molar-refractivity contribution in [3.63, 3.8) is 0 Å². The second-order valence-electron chi connectivity index (χ2n) is 3.68. The lowest BCUT2D eigenvalue weighted by molar-refractivity contribution is 0.397. The van der Waals surface area contributed by atoms with Gasteiger partial charge in [-0.2, -0.15) is 0 Å². The summed E-state index contributed by atoms with van der Waals surface area (Å²) in [5.74, 6) is 1.86. The van der Waals surface area contributed by atoms with Crippen LogP contribution in [0.1, 0.15) is 11.4 Å². The molecule has 0 aliphatic rings. The Hall–Kier alpha value is -1.20. The molecular weight excluding hydrogens is 270 g/mol. The maximum absolute atomic E-state index is 5.80. The van der Waals surface area contributed by atoms with E-state index < -0.39 is 0 Å². The summed E-state index contributed by atoms with van der Waals surface area (Å²) in [6.07, 6.45) is 1.80. The Morgan fingerprint density at radius 1 is 1.44 bits per heavy atom. The molecule has 2 aromatic heterocycles. The zero-order valence-corrected chi connectivity index (χ0v) is 11.8. The molecule has 2 aromatic rings. The number of nitrogens with zero attached hydrogens (tertiary/aromatic N) is 3. The summed E-state index contributed by atoms with van der Waals surface area (Å²) in [5.41, 5.74) is 1.98. The van der Waals surface area contributed by atoms with Gasteiger partial charge in [0, 0.05) is 18.9 Å². The Labute approximate surface area is 115 Å². The minimum absolute atomic E-state index is 0.474. The van der Waals surface area contributed by atoms with Gasteiger partial charge in [0.1, 0.15) is 0 Å².